The molecule has 0 bridgehead atoms. The zero-order valence-corrected chi connectivity index (χ0v) is 16.1. The highest BCUT2D eigenvalue weighted by Crippen LogP contribution is 2.38. The molecule has 24 heavy (non-hydrogen) atoms. The number of hydrogen-bond acceptors (Lipinski definition) is 3. The maximum absolute atomic E-state index is 12.3. The summed E-state index contributed by atoms with van der Waals surface area (Å²) in [5.74, 6) is 1.46. The molecule has 1 aromatic rings. The second-order valence-corrected chi connectivity index (χ2v) is 8.69. The second-order valence-electron chi connectivity index (χ2n) is 8.69. The summed E-state index contributed by atoms with van der Waals surface area (Å²) in [7, 11) is 0. The highest BCUT2D eigenvalue weighted by molar-refractivity contribution is 5.73. The summed E-state index contributed by atoms with van der Waals surface area (Å²) in [6.45, 7) is 14.1. The van der Waals surface area contributed by atoms with Gasteiger partial charge in [-0.05, 0) is 50.7 Å². The number of hydrogen-bond donors (Lipinski definition) is 0. The first-order valence-corrected chi connectivity index (χ1v) is 9.05. The average molecular weight is 335 g/mol. The molecule has 1 aromatic heterocycles. The van der Waals surface area contributed by atoms with Crippen molar-refractivity contribution in [2.24, 2.45) is 5.41 Å². The van der Waals surface area contributed by atoms with Crippen LogP contribution in [0, 0.1) is 5.41 Å². The molecule has 0 N–H and O–H groups in total. The lowest BCUT2D eigenvalue weighted by atomic mass is 9.77. The van der Waals surface area contributed by atoms with Gasteiger partial charge < -0.3 is 14.1 Å². The minimum absolute atomic E-state index is 0.0925. The highest BCUT2D eigenvalue weighted by atomic mass is 16.5. The van der Waals surface area contributed by atoms with Crippen LogP contribution in [0.25, 0.3) is 0 Å². The van der Waals surface area contributed by atoms with E-state index in [9.17, 15) is 4.79 Å². The molecule has 0 saturated carbocycles. The van der Waals surface area contributed by atoms with E-state index in [4.69, 9.17) is 9.15 Å². The Bertz CT molecular complexity index is 528. The first-order chi connectivity index (χ1) is 11.1. The van der Waals surface area contributed by atoms with Gasteiger partial charge in [-0.3, -0.25) is 4.79 Å². The van der Waals surface area contributed by atoms with Gasteiger partial charge in [-0.1, -0.05) is 20.8 Å². The Morgan fingerprint density at radius 3 is 2.62 bits per heavy atom. The minimum Gasteiger partial charge on any atom is -0.469 e. The summed E-state index contributed by atoms with van der Waals surface area (Å²) in [5, 5.41) is 0. The average Bonchev–Trinajstić information content (AvgIpc) is 2.94. The molecule has 0 spiro atoms. The second kappa shape index (κ2) is 7.30. The Morgan fingerprint density at radius 1 is 1.42 bits per heavy atom. The molecule has 136 valence electrons. The van der Waals surface area contributed by atoms with Gasteiger partial charge in [0.2, 0.25) is 5.91 Å². The summed E-state index contributed by atoms with van der Waals surface area (Å²) in [6, 6.07) is 4.26. The summed E-state index contributed by atoms with van der Waals surface area (Å²) < 4.78 is 11.5. The smallest absolute Gasteiger partial charge is 0.219 e. The van der Waals surface area contributed by atoms with Crippen LogP contribution >= 0.6 is 0 Å². The van der Waals surface area contributed by atoms with Crippen molar-refractivity contribution >= 4 is 5.91 Å². The number of nitrogens with zero attached hydrogens (tertiary/aromatic N) is 1. The van der Waals surface area contributed by atoms with E-state index in [1.807, 2.05) is 17.0 Å². The number of rotatable bonds is 5. The fourth-order valence-electron chi connectivity index (χ4n) is 3.82. The standard InChI is InChI=1S/C20H33NO3/c1-15(22)21(16-10-13-24-20(5,6)14-16)11-9-17(19(2,3)4)18-8-7-12-23-18/h7-8,12,16-17H,9-11,13-14H2,1-6H3/t16-,17+/m0/s1. The van der Waals surface area contributed by atoms with E-state index >= 15 is 0 Å². The third kappa shape index (κ3) is 4.85. The molecule has 1 fully saturated rings. The van der Waals surface area contributed by atoms with Crippen LogP contribution in [-0.2, 0) is 9.53 Å². The third-order valence-corrected chi connectivity index (χ3v) is 5.11. The predicted molar refractivity (Wildman–Crippen MR) is 96.0 cm³/mol. The molecule has 2 heterocycles. The zero-order valence-electron chi connectivity index (χ0n) is 16.1. The summed E-state index contributed by atoms with van der Waals surface area (Å²) >= 11 is 0. The van der Waals surface area contributed by atoms with Gasteiger partial charge in [0.1, 0.15) is 5.76 Å². The van der Waals surface area contributed by atoms with Crippen LogP contribution in [0.5, 0.6) is 0 Å². The van der Waals surface area contributed by atoms with E-state index in [0.717, 1.165) is 38.2 Å². The van der Waals surface area contributed by atoms with Crippen molar-refractivity contribution in [3.8, 4) is 0 Å². The van der Waals surface area contributed by atoms with Crippen molar-refractivity contribution in [2.75, 3.05) is 13.2 Å². The highest BCUT2D eigenvalue weighted by Gasteiger charge is 2.35. The van der Waals surface area contributed by atoms with Crippen LogP contribution in [0.3, 0.4) is 0 Å². The lowest BCUT2D eigenvalue weighted by Gasteiger charge is -2.42. The predicted octanol–water partition coefficient (Wildman–Crippen LogP) is 4.61. The third-order valence-electron chi connectivity index (χ3n) is 5.11. The number of amides is 1. The fraction of sp³-hybridized carbons (Fsp3) is 0.750. The summed E-state index contributed by atoms with van der Waals surface area (Å²) in [4.78, 5) is 14.3. The van der Waals surface area contributed by atoms with Crippen molar-refractivity contribution in [3.63, 3.8) is 0 Å². The summed E-state index contributed by atoms with van der Waals surface area (Å²) in [6.07, 6.45) is 4.46. The van der Waals surface area contributed by atoms with Gasteiger partial charge in [0.15, 0.2) is 0 Å². The molecule has 1 amide bonds. The molecule has 2 atom stereocenters. The van der Waals surface area contributed by atoms with Crippen molar-refractivity contribution in [2.45, 2.75) is 78.4 Å². The molecule has 0 aliphatic carbocycles. The number of ether oxygens (including phenoxy) is 1. The quantitative estimate of drug-likeness (QED) is 0.789. The first-order valence-electron chi connectivity index (χ1n) is 9.05. The molecule has 0 unspecified atom stereocenters. The van der Waals surface area contributed by atoms with Gasteiger partial charge in [-0.2, -0.15) is 0 Å². The number of furan rings is 1. The number of carbonyl (C=O) groups is 1. The largest absolute Gasteiger partial charge is 0.469 e. The Kier molecular flexibility index (Phi) is 5.79. The SMILES string of the molecule is CC(=O)N(CC[C@H](c1ccco1)C(C)(C)C)[C@H]1CCOC(C)(C)C1. The molecule has 1 aliphatic heterocycles. The molecule has 1 saturated heterocycles. The molecular weight excluding hydrogens is 302 g/mol. The normalized spacial score (nSPS) is 22.2. The van der Waals surface area contributed by atoms with Gasteiger partial charge >= 0.3 is 0 Å². The van der Waals surface area contributed by atoms with Crippen LogP contribution in [0.4, 0.5) is 0 Å². The number of carbonyl (C=O) groups excluding carboxylic acids is 1. The van der Waals surface area contributed by atoms with Gasteiger partial charge in [0.25, 0.3) is 0 Å². The van der Waals surface area contributed by atoms with E-state index in [1.54, 1.807) is 13.2 Å². The van der Waals surface area contributed by atoms with Crippen LogP contribution in [-0.4, -0.2) is 35.6 Å². The Morgan fingerprint density at radius 2 is 2.12 bits per heavy atom. The summed E-state index contributed by atoms with van der Waals surface area (Å²) in [5.41, 5.74) is -0.0592. The van der Waals surface area contributed by atoms with E-state index in [1.165, 1.54) is 0 Å². The molecule has 1 aliphatic rings. The van der Waals surface area contributed by atoms with Crippen molar-refractivity contribution in [1.82, 2.24) is 4.90 Å². The zero-order chi connectivity index (χ0) is 18.0. The Balaban J connectivity index is 2.08. The van der Waals surface area contributed by atoms with Crippen LogP contribution < -0.4 is 0 Å². The Hall–Kier alpha value is -1.29. The van der Waals surface area contributed by atoms with Gasteiger partial charge in [-0.15, -0.1) is 0 Å². The van der Waals surface area contributed by atoms with Gasteiger partial charge in [-0.25, -0.2) is 0 Å². The van der Waals surface area contributed by atoms with Crippen molar-refractivity contribution in [1.29, 1.82) is 0 Å². The molecule has 0 radical (unpaired) electrons. The first kappa shape index (κ1) is 19.0. The maximum atomic E-state index is 12.3. The van der Waals surface area contributed by atoms with E-state index < -0.39 is 0 Å². The van der Waals surface area contributed by atoms with Crippen molar-refractivity contribution < 1.29 is 13.9 Å². The van der Waals surface area contributed by atoms with E-state index in [0.29, 0.717) is 5.92 Å². The topological polar surface area (TPSA) is 42.7 Å². The van der Waals surface area contributed by atoms with E-state index in [2.05, 4.69) is 34.6 Å². The Labute approximate surface area is 146 Å². The van der Waals surface area contributed by atoms with E-state index in [-0.39, 0.29) is 23.0 Å². The molecule has 0 aromatic carbocycles. The van der Waals surface area contributed by atoms with Gasteiger partial charge in [0, 0.05) is 32.0 Å². The molecule has 4 heteroatoms. The minimum atomic E-state index is -0.152. The monoisotopic (exact) mass is 335 g/mol. The molecule has 2 rings (SSSR count). The lowest BCUT2D eigenvalue weighted by Crippen LogP contribution is -2.48. The van der Waals surface area contributed by atoms with Gasteiger partial charge in [0.05, 0.1) is 11.9 Å². The fourth-order valence-corrected chi connectivity index (χ4v) is 3.82. The lowest BCUT2D eigenvalue weighted by molar-refractivity contribution is -0.138. The molecule has 4 nitrogen and oxygen atoms in total. The maximum Gasteiger partial charge on any atom is 0.219 e. The molecular formula is C20H33NO3. The van der Waals surface area contributed by atoms with Crippen LogP contribution in [0.2, 0.25) is 0 Å². The van der Waals surface area contributed by atoms with Crippen LogP contribution in [0.1, 0.15) is 72.5 Å². The van der Waals surface area contributed by atoms with Crippen molar-refractivity contribution in [3.05, 3.63) is 24.2 Å². The van der Waals surface area contributed by atoms with Crippen LogP contribution in [0.15, 0.2) is 22.8 Å².